The number of hydrazine groups is 1. The summed E-state index contributed by atoms with van der Waals surface area (Å²) in [5.41, 5.74) is 1.03. The number of hydrogen-bond donors (Lipinski definition) is 3. The minimum absolute atomic E-state index is 0.230. The summed E-state index contributed by atoms with van der Waals surface area (Å²) in [6.45, 7) is 1.18. The van der Waals surface area contributed by atoms with Gasteiger partial charge in [0.2, 0.25) is 11.8 Å². The molecule has 0 radical (unpaired) electrons. The lowest BCUT2D eigenvalue weighted by Gasteiger charge is -2.43. The largest absolute Gasteiger partial charge is 0.481 e. The first-order valence-corrected chi connectivity index (χ1v) is 11.3. The molecular formula is C23H30N4O6. The summed E-state index contributed by atoms with van der Waals surface area (Å²) in [6.07, 6.45) is 2.88. The van der Waals surface area contributed by atoms with Crippen molar-refractivity contribution in [2.75, 3.05) is 13.1 Å². The maximum Gasteiger partial charge on any atom is 0.305 e. The SMILES string of the molecule is O=CC(CC(=O)O)NC(=O)C1CCCN2CCCC(NC(=O)CCc3ccccc3)C(=O)N12. The van der Waals surface area contributed by atoms with Crippen molar-refractivity contribution in [2.45, 2.75) is 63.1 Å². The fourth-order valence-electron chi connectivity index (χ4n) is 4.31. The zero-order valence-electron chi connectivity index (χ0n) is 18.4. The molecule has 33 heavy (non-hydrogen) atoms. The van der Waals surface area contributed by atoms with Crippen molar-refractivity contribution in [1.82, 2.24) is 20.7 Å². The second-order valence-electron chi connectivity index (χ2n) is 8.39. The van der Waals surface area contributed by atoms with E-state index in [2.05, 4.69) is 10.6 Å². The highest BCUT2D eigenvalue weighted by molar-refractivity contribution is 5.93. The summed E-state index contributed by atoms with van der Waals surface area (Å²) in [7, 11) is 0. The number of carboxylic acid groups (broad SMARTS) is 1. The van der Waals surface area contributed by atoms with Crippen LogP contribution in [0.3, 0.4) is 0 Å². The predicted octanol–water partition coefficient (Wildman–Crippen LogP) is 0.264. The Kier molecular flexibility index (Phi) is 8.53. The van der Waals surface area contributed by atoms with Crippen molar-refractivity contribution in [3.05, 3.63) is 35.9 Å². The van der Waals surface area contributed by atoms with E-state index in [1.807, 2.05) is 35.3 Å². The van der Waals surface area contributed by atoms with Crippen LogP contribution >= 0.6 is 0 Å². The summed E-state index contributed by atoms with van der Waals surface area (Å²) in [5.74, 6) is -2.36. The predicted molar refractivity (Wildman–Crippen MR) is 118 cm³/mol. The van der Waals surface area contributed by atoms with Gasteiger partial charge in [0, 0.05) is 19.5 Å². The Morgan fingerprint density at radius 1 is 1.12 bits per heavy atom. The molecule has 10 heteroatoms. The minimum Gasteiger partial charge on any atom is -0.481 e. The number of aliphatic carboxylic acids is 1. The molecule has 1 aromatic rings. The van der Waals surface area contributed by atoms with Gasteiger partial charge in [-0.15, -0.1) is 0 Å². The molecule has 2 heterocycles. The lowest BCUT2D eigenvalue weighted by atomic mass is 10.0. The van der Waals surface area contributed by atoms with Crippen LogP contribution < -0.4 is 10.6 Å². The number of fused-ring (bicyclic) bond motifs is 1. The van der Waals surface area contributed by atoms with Gasteiger partial charge in [-0.05, 0) is 37.7 Å². The molecule has 2 saturated heterocycles. The van der Waals surface area contributed by atoms with Gasteiger partial charge in [0.15, 0.2) is 0 Å². The van der Waals surface area contributed by atoms with E-state index < -0.39 is 36.4 Å². The molecule has 2 aliphatic heterocycles. The molecular weight excluding hydrogens is 428 g/mol. The van der Waals surface area contributed by atoms with Crippen molar-refractivity contribution >= 4 is 30.0 Å². The molecule has 3 unspecified atom stereocenters. The third-order valence-corrected chi connectivity index (χ3v) is 5.93. The maximum absolute atomic E-state index is 13.4. The average Bonchev–Trinajstić information content (AvgIpc) is 2.96. The first kappa shape index (κ1) is 24.4. The highest BCUT2D eigenvalue weighted by atomic mass is 16.4. The fraction of sp³-hybridized carbons (Fsp3) is 0.522. The highest BCUT2D eigenvalue weighted by Crippen LogP contribution is 2.24. The van der Waals surface area contributed by atoms with Crippen molar-refractivity contribution in [3.8, 4) is 0 Å². The van der Waals surface area contributed by atoms with Crippen molar-refractivity contribution < 1.29 is 29.1 Å². The number of carbonyl (C=O) groups excluding carboxylic acids is 4. The number of aryl methyl sites for hydroxylation is 1. The molecule has 3 rings (SSSR count). The number of nitrogens with zero attached hydrogens (tertiary/aromatic N) is 2. The maximum atomic E-state index is 13.4. The second kappa shape index (κ2) is 11.6. The molecule has 0 saturated carbocycles. The van der Waals surface area contributed by atoms with E-state index in [9.17, 15) is 24.0 Å². The van der Waals surface area contributed by atoms with E-state index in [-0.39, 0.29) is 18.2 Å². The Bertz CT molecular complexity index is 877. The van der Waals surface area contributed by atoms with Gasteiger partial charge in [0.05, 0.1) is 12.5 Å². The van der Waals surface area contributed by atoms with Crippen LogP contribution in [0.2, 0.25) is 0 Å². The van der Waals surface area contributed by atoms with Crippen molar-refractivity contribution in [1.29, 1.82) is 0 Å². The lowest BCUT2D eigenvalue weighted by Crippen LogP contribution is -2.63. The summed E-state index contributed by atoms with van der Waals surface area (Å²) >= 11 is 0. The standard InChI is InChI=1S/C23H30N4O6/c28-15-17(14-21(30)31)24-22(32)19-9-5-13-26-12-4-8-18(23(33)27(19)26)25-20(29)11-10-16-6-2-1-3-7-16/h1-3,6-7,15,17-19H,4-5,8-14H2,(H,24,32)(H,25,29)(H,30,31). The van der Waals surface area contributed by atoms with Gasteiger partial charge < -0.3 is 20.5 Å². The number of rotatable bonds is 9. The number of aldehydes is 1. The van der Waals surface area contributed by atoms with Gasteiger partial charge in [0.1, 0.15) is 18.4 Å². The Labute approximate surface area is 192 Å². The van der Waals surface area contributed by atoms with E-state index in [0.29, 0.717) is 51.5 Å². The molecule has 0 aliphatic carbocycles. The van der Waals surface area contributed by atoms with Crippen LogP contribution in [0.15, 0.2) is 30.3 Å². The number of carbonyl (C=O) groups is 5. The van der Waals surface area contributed by atoms with Crippen LogP contribution in [-0.4, -0.2) is 76.3 Å². The second-order valence-corrected chi connectivity index (χ2v) is 8.39. The van der Waals surface area contributed by atoms with E-state index >= 15 is 0 Å². The third-order valence-electron chi connectivity index (χ3n) is 5.93. The molecule has 0 aromatic heterocycles. The zero-order valence-corrected chi connectivity index (χ0v) is 18.4. The van der Waals surface area contributed by atoms with Crippen LogP contribution in [0.25, 0.3) is 0 Å². The van der Waals surface area contributed by atoms with Gasteiger partial charge in [-0.25, -0.2) is 5.01 Å². The molecule has 178 valence electrons. The molecule has 3 atom stereocenters. The zero-order chi connectivity index (χ0) is 23.8. The molecule has 0 spiro atoms. The Balaban J connectivity index is 1.65. The fourth-order valence-corrected chi connectivity index (χ4v) is 4.31. The average molecular weight is 459 g/mol. The minimum atomic E-state index is -1.21. The molecule has 0 bridgehead atoms. The molecule has 2 fully saturated rings. The third kappa shape index (κ3) is 6.61. The van der Waals surface area contributed by atoms with Crippen LogP contribution in [0, 0.1) is 0 Å². The van der Waals surface area contributed by atoms with Crippen molar-refractivity contribution in [2.24, 2.45) is 0 Å². The molecule has 1 aromatic carbocycles. The summed E-state index contributed by atoms with van der Waals surface area (Å²) < 4.78 is 0. The number of benzene rings is 1. The smallest absolute Gasteiger partial charge is 0.305 e. The first-order valence-electron chi connectivity index (χ1n) is 11.3. The monoisotopic (exact) mass is 458 g/mol. The number of nitrogens with one attached hydrogen (secondary N) is 2. The van der Waals surface area contributed by atoms with Crippen LogP contribution in [-0.2, 0) is 30.4 Å². The van der Waals surface area contributed by atoms with Gasteiger partial charge in [-0.1, -0.05) is 30.3 Å². The summed E-state index contributed by atoms with van der Waals surface area (Å²) in [5, 5.41) is 17.4. The molecule has 3 N–H and O–H groups in total. The molecule has 10 nitrogen and oxygen atoms in total. The summed E-state index contributed by atoms with van der Waals surface area (Å²) in [4.78, 5) is 60.9. The van der Waals surface area contributed by atoms with Crippen molar-refractivity contribution in [3.63, 3.8) is 0 Å². The van der Waals surface area contributed by atoms with Crippen LogP contribution in [0.4, 0.5) is 0 Å². The van der Waals surface area contributed by atoms with E-state index in [4.69, 9.17) is 5.11 Å². The first-order chi connectivity index (χ1) is 15.9. The van der Waals surface area contributed by atoms with Gasteiger partial charge in [-0.3, -0.25) is 24.2 Å². The molecule has 2 aliphatic rings. The van der Waals surface area contributed by atoms with Gasteiger partial charge in [-0.2, -0.15) is 0 Å². The Morgan fingerprint density at radius 3 is 2.48 bits per heavy atom. The number of carboxylic acids is 1. The molecule has 3 amide bonds. The summed E-state index contributed by atoms with van der Waals surface area (Å²) in [6, 6.07) is 6.83. The van der Waals surface area contributed by atoms with Crippen LogP contribution in [0.5, 0.6) is 0 Å². The Morgan fingerprint density at radius 2 is 1.82 bits per heavy atom. The van der Waals surface area contributed by atoms with E-state index in [1.54, 1.807) is 0 Å². The van der Waals surface area contributed by atoms with Gasteiger partial charge in [0.25, 0.3) is 5.91 Å². The van der Waals surface area contributed by atoms with Gasteiger partial charge >= 0.3 is 5.97 Å². The quantitative estimate of drug-likeness (QED) is 0.452. The normalized spacial score (nSPS) is 21.9. The highest BCUT2D eigenvalue weighted by Gasteiger charge is 2.42. The topological polar surface area (TPSA) is 136 Å². The van der Waals surface area contributed by atoms with E-state index in [0.717, 1.165) is 5.56 Å². The van der Waals surface area contributed by atoms with Crippen LogP contribution in [0.1, 0.15) is 44.1 Å². The lowest BCUT2D eigenvalue weighted by molar-refractivity contribution is -0.168. The van der Waals surface area contributed by atoms with E-state index in [1.165, 1.54) is 5.01 Å². The number of hydrogen-bond acceptors (Lipinski definition) is 6. The number of amides is 3. The Hall–Kier alpha value is -3.27.